The molecule has 0 saturated carbocycles. The highest BCUT2D eigenvalue weighted by molar-refractivity contribution is 7.24. The minimum Gasteiger partial charge on any atom is -0.350 e. The second kappa shape index (κ2) is 6.35. The molecule has 0 spiro atoms. The molecule has 1 atom stereocenters. The van der Waals surface area contributed by atoms with Crippen molar-refractivity contribution < 1.29 is 4.79 Å². The van der Waals surface area contributed by atoms with Crippen LogP contribution in [0.4, 0.5) is 0 Å². The van der Waals surface area contributed by atoms with Gasteiger partial charge in [-0.15, -0.1) is 22.7 Å². The maximum absolute atomic E-state index is 12.1. The Balaban J connectivity index is 2.15. The van der Waals surface area contributed by atoms with E-state index in [0.717, 1.165) is 9.88 Å². The molecular formula is C13H12ClN3OS2. The van der Waals surface area contributed by atoms with Gasteiger partial charge < -0.3 is 5.32 Å². The molecule has 0 aliphatic carbocycles. The van der Waals surface area contributed by atoms with Crippen LogP contribution < -0.4 is 5.32 Å². The summed E-state index contributed by atoms with van der Waals surface area (Å²) in [6.45, 7) is 3.91. The van der Waals surface area contributed by atoms with Crippen molar-refractivity contribution >= 4 is 40.2 Å². The van der Waals surface area contributed by atoms with Gasteiger partial charge in [0.2, 0.25) is 0 Å². The van der Waals surface area contributed by atoms with Crippen molar-refractivity contribution in [3.8, 4) is 16.0 Å². The Kier molecular flexibility index (Phi) is 4.76. The van der Waals surface area contributed by atoms with Crippen molar-refractivity contribution in [2.24, 2.45) is 5.92 Å². The van der Waals surface area contributed by atoms with E-state index < -0.39 is 0 Å². The molecule has 0 aromatic carbocycles. The summed E-state index contributed by atoms with van der Waals surface area (Å²) in [5, 5.41) is 12.2. The third-order valence-corrected chi connectivity index (χ3v) is 5.13. The summed E-state index contributed by atoms with van der Waals surface area (Å²) < 4.78 is 0.696. The molecule has 4 nitrogen and oxygen atoms in total. The molecule has 0 bridgehead atoms. The van der Waals surface area contributed by atoms with Crippen molar-refractivity contribution in [3.63, 3.8) is 0 Å². The number of amides is 1. The molecule has 7 heteroatoms. The number of hydrogen-bond donors (Lipinski definition) is 1. The summed E-state index contributed by atoms with van der Waals surface area (Å²) in [4.78, 5) is 18.0. The summed E-state index contributed by atoms with van der Waals surface area (Å²) >= 11 is 8.68. The fourth-order valence-corrected chi connectivity index (χ4v) is 3.59. The van der Waals surface area contributed by atoms with Gasteiger partial charge in [0.1, 0.15) is 9.88 Å². The molecule has 1 amide bonds. The van der Waals surface area contributed by atoms with Crippen LogP contribution in [-0.4, -0.2) is 17.4 Å². The van der Waals surface area contributed by atoms with Crippen LogP contribution >= 0.6 is 34.3 Å². The maximum atomic E-state index is 12.1. The van der Waals surface area contributed by atoms with Gasteiger partial charge in [-0.05, 0) is 26.0 Å². The fourth-order valence-electron chi connectivity index (χ4n) is 1.51. The smallest absolute Gasteiger partial charge is 0.263 e. The van der Waals surface area contributed by atoms with E-state index in [1.165, 1.54) is 22.7 Å². The predicted molar refractivity (Wildman–Crippen MR) is 82.3 cm³/mol. The minimum absolute atomic E-state index is 0.184. The molecule has 2 rings (SSSR count). The Morgan fingerprint density at radius 3 is 2.90 bits per heavy atom. The van der Waals surface area contributed by atoms with Crippen LogP contribution in [0.2, 0.25) is 4.34 Å². The van der Waals surface area contributed by atoms with Gasteiger partial charge in [-0.25, -0.2) is 4.98 Å². The van der Waals surface area contributed by atoms with Crippen molar-refractivity contribution in [2.45, 2.75) is 13.8 Å². The molecule has 1 unspecified atom stereocenters. The second-order valence-electron chi connectivity index (χ2n) is 4.28. The molecule has 2 heterocycles. The first-order valence-electron chi connectivity index (χ1n) is 5.92. The Morgan fingerprint density at radius 2 is 2.30 bits per heavy atom. The largest absolute Gasteiger partial charge is 0.350 e. The minimum atomic E-state index is -0.206. The number of carbonyl (C=O) groups is 1. The number of halogens is 1. The summed E-state index contributed by atoms with van der Waals surface area (Å²) in [5.41, 5.74) is 0.691. The summed E-state index contributed by atoms with van der Waals surface area (Å²) in [6.07, 6.45) is 0. The summed E-state index contributed by atoms with van der Waals surface area (Å²) in [5.74, 6) is -0.390. The van der Waals surface area contributed by atoms with E-state index in [0.29, 0.717) is 21.5 Å². The molecule has 0 fully saturated rings. The lowest BCUT2D eigenvalue weighted by Gasteiger charge is -2.04. The number of carbonyl (C=O) groups excluding carboxylic acids is 1. The third kappa shape index (κ3) is 3.37. The van der Waals surface area contributed by atoms with Crippen molar-refractivity contribution in [2.75, 3.05) is 6.54 Å². The van der Waals surface area contributed by atoms with Gasteiger partial charge in [-0.3, -0.25) is 4.79 Å². The monoisotopic (exact) mass is 325 g/mol. The molecule has 20 heavy (non-hydrogen) atoms. The van der Waals surface area contributed by atoms with Crippen LogP contribution in [-0.2, 0) is 0 Å². The predicted octanol–water partition coefficient (Wildman–Crippen LogP) is 3.72. The normalized spacial score (nSPS) is 11.9. The number of nitriles is 1. The van der Waals surface area contributed by atoms with E-state index in [-0.39, 0.29) is 11.8 Å². The Labute approximate surface area is 130 Å². The van der Waals surface area contributed by atoms with Gasteiger partial charge in [0.25, 0.3) is 5.91 Å². The molecule has 0 aliphatic rings. The van der Waals surface area contributed by atoms with E-state index in [9.17, 15) is 4.79 Å². The molecule has 2 aromatic heterocycles. The molecule has 0 aliphatic heterocycles. The van der Waals surface area contributed by atoms with Crippen molar-refractivity contribution in [1.82, 2.24) is 10.3 Å². The Hall–Kier alpha value is -1.42. The zero-order valence-corrected chi connectivity index (χ0v) is 13.3. The van der Waals surface area contributed by atoms with Gasteiger partial charge in [0.15, 0.2) is 0 Å². The number of aryl methyl sites for hydroxylation is 1. The fraction of sp³-hybridized carbons (Fsp3) is 0.308. The number of thiazole rings is 1. The van der Waals surface area contributed by atoms with Crippen LogP contribution in [0.1, 0.15) is 22.3 Å². The van der Waals surface area contributed by atoms with Gasteiger partial charge >= 0.3 is 0 Å². The second-order valence-corrected chi connectivity index (χ2v) is 6.99. The van der Waals surface area contributed by atoms with E-state index in [1.54, 1.807) is 13.8 Å². The van der Waals surface area contributed by atoms with Gasteiger partial charge in [-0.1, -0.05) is 11.6 Å². The topological polar surface area (TPSA) is 65.8 Å². The lowest BCUT2D eigenvalue weighted by molar-refractivity contribution is 0.0954. The van der Waals surface area contributed by atoms with Gasteiger partial charge in [0.05, 0.1) is 26.9 Å². The lowest BCUT2D eigenvalue weighted by atomic mass is 10.2. The highest BCUT2D eigenvalue weighted by atomic mass is 35.5. The van der Waals surface area contributed by atoms with E-state index in [4.69, 9.17) is 16.9 Å². The number of nitrogens with zero attached hydrogens (tertiary/aromatic N) is 2. The van der Waals surface area contributed by atoms with Gasteiger partial charge in [0, 0.05) is 6.54 Å². The van der Waals surface area contributed by atoms with Crippen LogP contribution in [0, 0.1) is 24.2 Å². The molecule has 104 valence electrons. The zero-order valence-electron chi connectivity index (χ0n) is 10.9. The highest BCUT2D eigenvalue weighted by Gasteiger charge is 2.17. The van der Waals surface area contributed by atoms with Crippen molar-refractivity contribution in [1.29, 1.82) is 5.26 Å². The quantitative estimate of drug-likeness (QED) is 0.931. The van der Waals surface area contributed by atoms with E-state index in [2.05, 4.69) is 16.4 Å². The van der Waals surface area contributed by atoms with Crippen LogP contribution in [0.25, 0.3) is 9.88 Å². The molecule has 2 aromatic rings. The van der Waals surface area contributed by atoms with Crippen LogP contribution in [0.3, 0.4) is 0 Å². The van der Waals surface area contributed by atoms with Crippen LogP contribution in [0.5, 0.6) is 0 Å². The van der Waals surface area contributed by atoms with Gasteiger partial charge in [-0.2, -0.15) is 5.26 Å². The maximum Gasteiger partial charge on any atom is 0.263 e. The number of rotatable bonds is 4. The molecular weight excluding hydrogens is 314 g/mol. The highest BCUT2D eigenvalue weighted by Crippen LogP contribution is 2.34. The number of nitrogens with one attached hydrogen (secondary N) is 1. The van der Waals surface area contributed by atoms with Crippen molar-refractivity contribution in [3.05, 3.63) is 27.0 Å². The lowest BCUT2D eigenvalue weighted by Crippen LogP contribution is -2.27. The van der Waals surface area contributed by atoms with E-state index >= 15 is 0 Å². The first-order chi connectivity index (χ1) is 9.51. The van der Waals surface area contributed by atoms with Crippen LogP contribution in [0.15, 0.2) is 12.1 Å². The first-order valence-corrected chi connectivity index (χ1v) is 7.93. The zero-order chi connectivity index (χ0) is 14.7. The number of hydrogen-bond acceptors (Lipinski definition) is 5. The SMILES string of the molecule is Cc1nc(-c2ccc(Cl)s2)sc1C(=O)NCC(C)C#N. The Morgan fingerprint density at radius 1 is 1.55 bits per heavy atom. The summed E-state index contributed by atoms with van der Waals surface area (Å²) in [6, 6.07) is 5.79. The Bertz CT molecular complexity index is 671. The number of thiophene rings is 1. The molecule has 0 saturated heterocycles. The molecule has 0 radical (unpaired) electrons. The molecule has 1 N–H and O–H groups in total. The first kappa shape index (κ1) is 15.0. The average molecular weight is 326 g/mol. The average Bonchev–Trinajstić information content (AvgIpc) is 3.01. The summed E-state index contributed by atoms with van der Waals surface area (Å²) in [7, 11) is 0. The number of aromatic nitrogens is 1. The third-order valence-electron chi connectivity index (χ3n) is 2.58. The van der Waals surface area contributed by atoms with E-state index in [1.807, 2.05) is 12.1 Å². The standard InChI is InChI=1S/C13H12ClN3OS2/c1-7(5-15)6-16-12(18)11-8(2)17-13(20-11)9-3-4-10(14)19-9/h3-4,7H,6H2,1-2H3,(H,16,18).